The van der Waals surface area contributed by atoms with E-state index >= 15 is 0 Å². The van der Waals surface area contributed by atoms with E-state index in [2.05, 4.69) is 10.2 Å². The molecule has 30 heavy (non-hydrogen) atoms. The molecule has 1 aromatic rings. The first-order valence-corrected chi connectivity index (χ1v) is 10.8. The number of hydrogen-bond donors (Lipinski definition) is 2. The number of hydrogen-bond acceptors (Lipinski definition) is 4. The Labute approximate surface area is 180 Å². The van der Waals surface area contributed by atoms with Gasteiger partial charge in [0.1, 0.15) is 0 Å². The van der Waals surface area contributed by atoms with Gasteiger partial charge in [-0.15, -0.1) is 0 Å². The van der Waals surface area contributed by atoms with Gasteiger partial charge in [-0.25, -0.2) is 8.78 Å². The molecule has 6 nitrogen and oxygen atoms in total. The van der Waals surface area contributed by atoms with Crippen LogP contribution in [0.15, 0.2) is 18.2 Å². The number of alkyl halides is 2. The fraction of sp³-hybridized carbons (Fsp3) is 0.619. The van der Waals surface area contributed by atoms with Gasteiger partial charge in [0.2, 0.25) is 17.7 Å². The van der Waals surface area contributed by atoms with Crippen LogP contribution in [-0.4, -0.2) is 60.3 Å². The van der Waals surface area contributed by atoms with E-state index in [1.54, 1.807) is 17.0 Å². The highest BCUT2D eigenvalue weighted by Gasteiger charge is 2.35. The lowest BCUT2D eigenvalue weighted by molar-refractivity contribution is -0.134. The van der Waals surface area contributed by atoms with E-state index in [1.807, 2.05) is 6.07 Å². The minimum atomic E-state index is -2.59. The summed E-state index contributed by atoms with van der Waals surface area (Å²) in [6, 6.07) is 5.41. The number of halogens is 3. The molecule has 2 amide bonds. The highest BCUT2D eigenvalue weighted by Crippen LogP contribution is 2.37. The quantitative estimate of drug-likeness (QED) is 0.664. The van der Waals surface area contributed by atoms with Crippen LogP contribution in [0.5, 0.6) is 0 Å². The van der Waals surface area contributed by atoms with Gasteiger partial charge in [-0.3, -0.25) is 14.5 Å². The summed E-state index contributed by atoms with van der Waals surface area (Å²) in [6.07, 6.45) is 0.600. The average Bonchev–Trinajstić information content (AvgIpc) is 2.71. The second-order valence-corrected chi connectivity index (χ2v) is 8.72. The standard InChI is InChI=1S/C21H29ClF2N4O2/c22-17-1-2-18(25)16(12-17)14-27-7-9-28(10-8-27)20(30)13-26-19(29)11-15-3-5-21(23,24)6-4-15/h1-2,12,15H,3-11,13-14,25H2,(H,26,29). The van der Waals surface area contributed by atoms with Crippen LogP contribution in [0.1, 0.15) is 37.7 Å². The number of nitrogen functional groups attached to an aromatic ring is 1. The molecule has 0 bridgehead atoms. The van der Waals surface area contributed by atoms with Crippen molar-refractivity contribution >= 4 is 29.1 Å². The predicted octanol–water partition coefficient (Wildman–Crippen LogP) is 2.90. The maximum Gasteiger partial charge on any atom is 0.248 e. The van der Waals surface area contributed by atoms with Crippen molar-refractivity contribution in [3.05, 3.63) is 28.8 Å². The molecule has 166 valence electrons. The van der Waals surface area contributed by atoms with Crippen LogP contribution in [0.25, 0.3) is 0 Å². The third-order valence-corrected chi connectivity index (χ3v) is 6.21. The minimum absolute atomic E-state index is 0.0257. The molecule has 2 fully saturated rings. The van der Waals surface area contributed by atoms with E-state index < -0.39 is 5.92 Å². The molecule has 1 heterocycles. The monoisotopic (exact) mass is 442 g/mol. The van der Waals surface area contributed by atoms with E-state index in [0.29, 0.717) is 56.3 Å². The van der Waals surface area contributed by atoms with Crippen LogP contribution in [0.4, 0.5) is 14.5 Å². The van der Waals surface area contributed by atoms with Gasteiger partial charge in [0.25, 0.3) is 0 Å². The molecule has 3 rings (SSSR count). The fourth-order valence-corrected chi connectivity index (χ4v) is 4.23. The lowest BCUT2D eigenvalue weighted by Crippen LogP contribution is -2.51. The lowest BCUT2D eigenvalue weighted by Gasteiger charge is -2.35. The van der Waals surface area contributed by atoms with Crippen LogP contribution in [0.2, 0.25) is 5.02 Å². The van der Waals surface area contributed by atoms with Gasteiger partial charge in [0.05, 0.1) is 6.54 Å². The van der Waals surface area contributed by atoms with Gasteiger partial charge in [0.15, 0.2) is 0 Å². The first-order valence-electron chi connectivity index (χ1n) is 10.4. The summed E-state index contributed by atoms with van der Waals surface area (Å²) in [5.41, 5.74) is 7.67. The van der Waals surface area contributed by atoms with Gasteiger partial charge < -0.3 is 16.0 Å². The molecule has 2 aliphatic rings. The number of anilines is 1. The van der Waals surface area contributed by atoms with E-state index in [0.717, 1.165) is 5.56 Å². The van der Waals surface area contributed by atoms with E-state index in [4.69, 9.17) is 17.3 Å². The number of carbonyl (C=O) groups excluding carboxylic acids is 2. The number of rotatable bonds is 6. The Kier molecular flexibility index (Phi) is 7.52. The zero-order chi connectivity index (χ0) is 21.7. The predicted molar refractivity (Wildman–Crippen MR) is 112 cm³/mol. The number of piperazine rings is 1. The number of benzene rings is 1. The molecular weight excluding hydrogens is 414 g/mol. The lowest BCUT2D eigenvalue weighted by atomic mass is 9.84. The summed E-state index contributed by atoms with van der Waals surface area (Å²) in [6.45, 7) is 3.19. The molecular formula is C21H29ClF2N4O2. The Morgan fingerprint density at radius 3 is 2.50 bits per heavy atom. The highest BCUT2D eigenvalue weighted by molar-refractivity contribution is 6.30. The Hall–Kier alpha value is -1.93. The maximum atomic E-state index is 13.2. The van der Waals surface area contributed by atoms with Crippen LogP contribution < -0.4 is 11.1 Å². The van der Waals surface area contributed by atoms with Gasteiger partial charge in [-0.1, -0.05) is 11.6 Å². The second kappa shape index (κ2) is 9.92. The van der Waals surface area contributed by atoms with Crippen LogP contribution in [-0.2, 0) is 16.1 Å². The SMILES string of the molecule is Nc1ccc(Cl)cc1CN1CCN(C(=O)CNC(=O)CC2CCC(F)(F)CC2)CC1. The Bertz CT molecular complexity index is 759. The van der Waals surface area contributed by atoms with Crippen molar-refractivity contribution < 1.29 is 18.4 Å². The summed E-state index contributed by atoms with van der Waals surface area (Å²) in [4.78, 5) is 28.4. The molecule has 0 atom stereocenters. The van der Waals surface area contributed by atoms with Crippen molar-refractivity contribution in [2.45, 2.75) is 44.6 Å². The number of nitrogens with zero attached hydrogens (tertiary/aromatic N) is 2. The van der Waals surface area contributed by atoms with Crippen molar-refractivity contribution in [2.24, 2.45) is 5.92 Å². The molecule has 0 spiro atoms. The molecule has 1 aliphatic carbocycles. The molecule has 1 saturated carbocycles. The highest BCUT2D eigenvalue weighted by atomic mass is 35.5. The van der Waals surface area contributed by atoms with Gasteiger partial charge in [-0.05, 0) is 42.5 Å². The molecule has 0 aromatic heterocycles. The van der Waals surface area contributed by atoms with E-state index in [9.17, 15) is 18.4 Å². The normalized spacial score (nSPS) is 20.2. The van der Waals surface area contributed by atoms with Crippen molar-refractivity contribution in [3.8, 4) is 0 Å². The first kappa shape index (κ1) is 22.7. The van der Waals surface area contributed by atoms with Gasteiger partial charge >= 0.3 is 0 Å². The summed E-state index contributed by atoms with van der Waals surface area (Å²) in [7, 11) is 0. The second-order valence-electron chi connectivity index (χ2n) is 8.28. The summed E-state index contributed by atoms with van der Waals surface area (Å²) >= 11 is 6.04. The molecule has 9 heteroatoms. The summed E-state index contributed by atoms with van der Waals surface area (Å²) < 4.78 is 26.4. The zero-order valence-corrected chi connectivity index (χ0v) is 17.8. The Morgan fingerprint density at radius 2 is 1.83 bits per heavy atom. The smallest absolute Gasteiger partial charge is 0.248 e. The maximum absolute atomic E-state index is 13.2. The van der Waals surface area contributed by atoms with Crippen molar-refractivity contribution in [3.63, 3.8) is 0 Å². The Balaban J connectivity index is 1.36. The number of amides is 2. The fourth-order valence-electron chi connectivity index (χ4n) is 4.03. The molecule has 1 aromatic carbocycles. The minimum Gasteiger partial charge on any atom is -0.398 e. The number of nitrogens with one attached hydrogen (secondary N) is 1. The third kappa shape index (κ3) is 6.54. The third-order valence-electron chi connectivity index (χ3n) is 5.97. The molecule has 0 radical (unpaired) electrons. The van der Waals surface area contributed by atoms with Gasteiger partial charge in [-0.2, -0.15) is 0 Å². The summed E-state index contributed by atoms with van der Waals surface area (Å²) in [5, 5.41) is 3.29. The van der Waals surface area contributed by atoms with E-state index in [1.165, 1.54) is 0 Å². The van der Waals surface area contributed by atoms with Gasteiger partial charge in [0, 0.05) is 62.7 Å². The van der Waals surface area contributed by atoms with Crippen molar-refractivity contribution in [2.75, 3.05) is 38.5 Å². The van der Waals surface area contributed by atoms with Crippen LogP contribution in [0.3, 0.4) is 0 Å². The molecule has 1 saturated heterocycles. The van der Waals surface area contributed by atoms with Crippen LogP contribution >= 0.6 is 11.6 Å². The largest absolute Gasteiger partial charge is 0.398 e. The zero-order valence-electron chi connectivity index (χ0n) is 17.0. The topological polar surface area (TPSA) is 78.7 Å². The van der Waals surface area contributed by atoms with E-state index in [-0.39, 0.29) is 43.5 Å². The molecule has 1 aliphatic heterocycles. The van der Waals surface area contributed by atoms with Crippen molar-refractivity contribution in [1.29, 1.82) is 0 Å². The van der Waals surface area contributed by atoms with Crippen LogP contribution in [0, 0.1) is 5.92 Å². The molecule has 3 N–H and O–H groups in total. The molecule has 0 unspecified atom stereocenters. The van der Waals surface area contributed by atoms with Crippen molar-refractivity contribution in [1.82, 2.24) is 15.1 Å². The number of nitrogens with two attached hydrogens (primary N) is 1. The summed E-state index contributed by atoms with van der Waals surface area (Å²) in [5.74, 6) is -2.99. The number of carbonyl (C=O) groups is 2. The average molecular weight is 443 g/mol. The first-order chi connectivity index (χ1) is 14.2. The Morgan fingerprint density at radius 1 is 1.17 bits per heavy atom.